The highest BCUT2D eigenvalue weighted by Crippen LogP contribution is 2.42. The lowest BCUT2D eigenvalue weighted by Gasteiger charge is -2.38. The van der Waals surface area contributed by atoms with Crippen molar-refractivity contribution in [2.45, 2.75) is 95.8 Å². The maximum absolute atomic E-state index is 14.6. The first kappa shape index (κ1) is 19.0. The zero-order valence-electron chi connectivity index (χ0n) is 15.1. The molecule has 0 saturated heterocycles. The molecule has 3 aliphatic rings. The number of carbonyl (C=O) groups is 1. The predicted molar refractivity (Wildman–Crippen MR) is 90.4 cm³/mol. The molecule has 0 spiro atoms. The number of ether oxygens (including phenoxy) is 1. The molecule has 3 fully saturated rings. The highest BCUT2D eigenvalue weighted by Gasteiger charge is 2.41. The monoisotopic (exact) mass is 360 g/mol. The summed E-state index contributed by atoms with van der Waals surface area (Å²) in [5.74, 6) is 0.488. The number of esters is 1. The highest BCUT2D eigenvalue weighted by molar-refractivity contribution is 5.73. The third kappa shape index (κ3) is 4.71. The van der Waals surface area contributed by atoms with Crippen molar-refractivity contribution < 1.29 is 22.7 Å². The smallest absolute Gasteiger partial charge is 0.312 e. The van der Waals surface area contributed by atoms with Crippen molar-refractivity contribution in [2.24, 2.45) is 23.7 Å². The van der Waals surface area contributed by atoms with Crippen molar-refractivity contribution in [3.8, 4) is 0 Å². The van der Waals surface area contributed by atoms with Gasteiger partial charge in [0.2, 0.25) is 0 Å². The van der Waals surface area contributed by atoms with E-state index in [1.807, 2.05) is 0 Å². The molecule has 6 unspecified atom stereocenters. The van der Waals surface area contributed by atoms with Crippen LogP contribution in [0.25, 0.3) is 0 Å². The van der Waals surface area contributed by atoms with E-state index in [9.17, 15) is 18.0 Å². The van der Waals surface area contributed by atoms with Gasteiger partial charge in [-0.05, 0) is 62.7 Å². The van der Waals surface area contributed by atoms with Gasteiger partial charge in [0, 0.05) is 6.42 Å². The second kappa shape index (κ2) is 8.30. The summed E-state index contributed by atoms with van der Waals surface area (Å²) in [5, 5.41) is 0. The third-order valence-corrected chi connectivity index (χ3v) is 6.77. The normalized spacial score (nSPS) is 45.8. The number of hydrogen-bond donors (Lipinski definition) is 0. The summed E-state index contributed by atoms with van der Waals surface area (Å²) in [6.07, 6.45) is 2.17. The summed E-state index contributed by atoms with van der Waals surface area (Å²) in [7, 11) is 0. The second-order valence-electron chi connectivity index (χ2n) is 8.62. The van der Waals surface area contributed by atoms with E-state index in [1.165, 1.54) is 25.7 Å². The first-order valence-electron chi connectivity index (χ1n) is 10.1. The Morgan fingerprint density at radius 1 is 0.760 bits per heavy atom. The van der Waals surface area contributed by atoms with Crippen LogP contribution in [-0.2, 0) is 9.53 Å². The van der Waals surface area contributed by atoms with Crippen LogP contribution in [0.3, 0.4) is 0 Å². The number of hydrogen-bond acceptors (Lipinski definition) is 2. The van der Waals surface area contributed by atoms with Gasteiger partial charge in [0.25, 0.3) is 0 Å². The Hall–Kier alpha value is -0.740. The van der Waals surface area contributed by atoms with Crippen LogP contribution in [0.4, 0.5) is 13.2 Å². The number of halogens is 3. The Kier molecular flexibility index (Phi) is 6.32. The van der Waals surface area contributed by atoms with E-state index in [-0.39, 0.29) is 12.8 Å². The van der Waals surface area contributed by atoms with Gasteiger partial charge < -0.3 is 4.74 Å². The summed E-state index contributed by atoms with van der Waals surface area (Å²) in [6.45, 7) is 2.28. The summed E-state index contributed by atoms with van der Waals surface area (Å²) in [5.41, 5.74) is 0. The van der Waals surface area contributed by atoms with E-state index < -0.39 is 36.5 Å². The van der Waals surface area contributed by atoms with E-state index in [4.69, 9.17) is 4.74 Å². The fourth-order valence-electron chi connectivity index (χ4n) is 5.00. The molecule has 0 heterocycles. The van der Waals surface area contributed by atoms with Crippen LogP contribution in [-0.4, -0.2) is 30.6 Å². The summed E-state index contributed by atoms with van der Waals surface area (Å²) in [4.78, 5) is 12.3. The van der Waals surface area contributed by atoms with Gasteiger partial charge in [-0.15, -0.1) is 0 Å². The van der Waals surface area contributed by atoms with E-state index in [0.29, 0.717) is 31.1 Å². The lowest BCUT2D eigenvalue weighted by molar-refractivity contribution is -0.162. The van der Waals surface area contributed by atoms with Gasteiger partial charge in [0.05, 0.1) is 5.92 Å². The lowest BCUT2D eigenvalue weighted by atomic mass is 9.69. The van der Waals surface area contributed by atoms with Crippen molar-refractivity contribution in [1.82, 2.24) is 0 Å². The molecule has 3 aliphatic carbocycles. The van der Waals surface area contributed by atoms with Crippen LogP contribution in [0.1, 0.15) is 71.1 Å². The molecule has 0 aromatic rings. The first-order valence-corrected chi connectivity index (χ1v) is 10.1. The van der Waals surface area contributed by atoms with Crippen molar-refractivity contribution in [3.63, 3.8) is 0 Å². The molecule has 0 aromatic carbocycles. The second-order valence-corrected chi connectivity index (χ2v) is 8.62. The van der Waals surface area contributed by atoms with Gasteiger partial charge in [0.15, 0.2) is 0 Å². The van der Waals surface area contributed by atoms with Crippen LogP contribution in [0.2, 0.25) is 0 Å². The molecular formula is C20H31F3O2. The molecule has 25 heavy (non-hydrogen) atoms. The van der Waals surface area contributed by atoms with E-state index in [0.717, 1.165) is 12.3 Å². The summed E-state index contributed by atoms with van der Waals surface area (Å²) in [6, 6.07) is 0. The SMILES string of the molecule is CC1CCC(C2CCC(C(=O)OC3CCC(F)C(F)C3)C(F)C2)CC1. The highest BCUT2D eigenvalue weighted by atomic mass is 19.2. The zero-order chi connectivity index (χ0) is 18.0. The predicted octanol–water partition coefficient (Wildman–Crippen LogP) is 5.34. The van der Waals surface area contributed by atoms with Crippen LogP contribution in [0, 0.1) is 23.7 Å². The third-order valence-electron chi connectivity index (χ3n) is 6.77. The maximum Gasteiger partial charge on any atom is 0.312 e. The van der Waals surface area contributed by atoms with Crippen LogP contribution < -0.4 is 0 Å². The first-order chi connectivity index (χ1) is 11.9. The quantitative estimate of drug-likeness (QED) is 0.635. The van der Waals surface area contributed by atoms with Gasteiger partial charge in [-0.1, -0.05) is 19.8 Å². The van der Waals surface area contributed by atoms with Gasteiger partial charge in [-0.25, -0.2) is 13.2 Å². The van der Waals surface area contributed by atoms with Gasteiger partial charge in [-0.2, -0.15) is 0 Å². The maximum atomic E-state index is 14.6. The van der Waals surface area contributed by atoms with E-state index >= 15 is 0 Å². The molecular weight excluding hydrogens is 329 g/mol. The number of rotatable bonds is 3. The van der Waals surface area contributed by atoms with Crippen molar-refractivity contribution in [1.29, 1.82) is 0 Å². The van der Waals surface area contributed by atoms with Crippen molar-refractivity contribution >= 4 is 5.97 Å². The van der Waals surface area contributed by atoms with Crippen LogP contribution >= 0.6 is 0 Å². The summed E-state index contributed by atoms with van der Waals surface area (Å²) < 4.78 is 46.6. The van der Waals surface area contributed by atoms with E-state index in [1.54, 1.807) is 0 Å². The van der Waals surface area contributed by atoms with Gasteiger partial charge in [-0.3, -0.25) is 4.79 Å². The molecule has 144 valence electrons. The summed E-state index contributed by atoms with van der Waals surface area (Å²) >= 11 is 0. The molecule has 0 aliphatic heterocycles. The minimum absolute atomic E-state index is 0.0744. The van der Waals surface area contributed by atoms with Crippen LogP contribution in [0.5, 0.6) is 0 Å². The molecule has 0 bridgehead atoms. The number of alkyl halides is 3. The molecule has 0 aromatic heterocycles. The Labute approximate surface area is 148 Å². The Balaban J connectivity index is 1.47. The zero-order valence-corrected chi connectivity index (χ0v) is 15.1. The average Bonchev–Trinajstić information content (AvgIpc) is 2.58. The lowest BCUT2D eigenvalue weighted by Crippen LogP contribution is -2.39. The standard InChI is InChI=1S/C20H31F3O2/c1-12-2-4-13(5-3-12)14-6-8-16(18(22)10-14)20(24)25-15-7-9-17(21)19(23)11-15/h12-19H,2-11H2,1H3. The fourth-order valence-corrected chi connectivity index (χ4v) is 5.00. The van der Waals surface area contributed by atoms with Crippen LogP contribution in [0.15, 0.2) is 0 Å². The fraction of sp³-hybridized carbons (Fsp3) is 0.950. The largest absolute Gasteiger partial charge is 0.462 e. The Bertz CT molecular complexity index is 450. The topological polar surface area (TPSA) is 26.3 Å². The molecule has 5 heteroatoms. The molecule has 0 radical (unpaired) electrons. The van der Waals surface area contributed by atoms with Gasteiger partial charge in [0.1, 0.15) is 24.6 Å². The molecule has 3 saturated carbocycles. The van der Waals surface area contributed by atoms with E-state index in [2.05, 4.69) is 6.92 Å². The Morgan fingerprint density at radius 2 is 1.44 bits per heavy atom. The Morgan fingerprint density at radius 3 is 2.08 bits per heavy atom. The van der Waals surface area contributed by atoms with Crippen molar-refractivity contribution in [2.75, 3.05) is 0 Å². The van der Waals surface area contributed by atoms with Crippen molar-refractivity contribution in [3.05, 3.63) is 0 Å². The minimum atomic E-state index is -1.57. The number of carbonyl (C=O) groups excluding carboxylic acids is 1. The molecule has 0 amide bonds. The minimum Gasteiger partial charge on any atom is -0.462 e. The average molecular weight is 360 g/mol. The molecule has 6 atom stereocenters. The molecule has 2 nitrogen and oxygen atoms in total. The van der Waals surface area contributed by atoms with Gasteiger partial charge >= 0.3 is 5.97 Å². The molecule has 0 N–H and O–H groups in total. The molecule has 3 rings (SSSR count).